The van der Waals surface area contributed by atoms with Gasteiger partial charge in [-0.1, -0.05) is 97.1 Å². The minimum absolute atomic E-state index is 0.128. The summed E-state index contributed by atoms with van der Waals surface area (Å²) in [5, 5.41) is 13.4. The number of para-hydroxylation sites is 2. The molecule has 2 N–H and O–H groups in total. The van der Waals surface area contributed by atoms with Crippen LogP contribution in [0.1, 0.15) is 17.5 Å². The van der Waals surface area contributed by atoms with Gasteiger partial charge in [0, 0.05) is 0 Å². The summed E-state index contributed by atoms with van der Waals surface area (Å²) in [6.45, 7) is 0. The Morgan fingerprint density at radius 2 is 1.00 bits per heavy atom. The first-order valence-corrected chi connectivity index (χ1v) is 10.2. The van der Waals surface area contributed by atoms with Gasteiger partial charge in [0.25, 0.3) is 0 Å². The number of nitrogens with one attached hydrogen (secondary N) is 1. The lowest BCUT2D eigenvalue weighted by Gasteiger charge is -2.31. The highest BCUT2D eigenvalue weighted by molar-refractivity contribution is 5.82. The van der Waals surface area contributed by atoms with Crippen molar-refractivity contribution in [2.75, 3.05) is 5.01 Å². The largest absolute Gasteiger partial charge is 0.380 e. The molecule has 0 aliphatic rings. The van der Waals surface area contributed by atoms with Gasteiger partial charge in [0.05, 0.1) is 17.8 Å². The van der Waals surface area contributed by atoms with Gasteiger partial charge >= 0.3 is 0 Å². The summed E-state index contributed by atoms with van der Waals surface area (Å²) in [7, 11) is 0. The van der Waals surface area contributed by atoms with Crippen LogP contribution in [-0.4, -0.2) is 11.0 Å². The van der Waals surface area contributed by atoms with Crippen LogP contribution in [-0.2, 0) is 10.4 Å². The standard InChI is InChI=1S/C27H24N2O2/c30-26(28-29(24-17-9-3-10-18-24)25-19-11-4-12-20-25)21-27(31,22-13-5-1-6-14-22)23-15-7-2-8-16-23/h1-20,31H,21H2,(H,28,30). The maximum absolute atomic E-state index is 13.2. The number of amides is 1. The van der Waals surface area contributed by atoms with Gasteiger partial charge in [-0.05, 0) is 35.4 Å². The van der Waals surface area contributed by atoms with E-state index in [-0.39, 0.29) is 12.3 Å². The molecule has 0 heterocycles. The van der Waals surface area contributed by atoms with Gasteiger partial charge in [-0.25, -0.2) is 0 Å². The minimum atomic E-state index is -1.45. The summed E-state index contributed by atoms with van der Waals surface area (Å²) in [6.07, 6.45) is -0.128. The van der Waals surface area contributed by atoms with E-state index in [0.717, 1.165) is 11.4 Å². The Kier molecular flexibility index (Phi) is 6.11. The number of benzene rings is 4. The molecule has 0 radical (unpaired) electrons. The van der Waals surface area contributed by atoms with Gasteiger partial charge in [0.1, 0.15) is 5.60 Å². The van der Waals surface area contributed by atoms with E-state index in [2.05, 4.69) is 5.43 Å². The topological polar surface area (TPSA) is 52.6 Å². The van der Waals surface area contributed by atoms with E-state index in [1.165, 1.54) is 0 Å². The van der Waals surface area contributed by atoms with Crippen molar-refractivity contribution in [3.05, 3.63) is 132 Å². The van der Waals surface area contributed by atoms with E-state index >= 15 is 0 Å². The van der Waals surface area contributed by atoms with E-state index in [1.54, 1.807) is 5.01 Å². The van der Waals surface area contributed by atoms with Crippen molar-refractivity contribution in [1.29, 1.82) is 0 Å². The lowest BCUT2D eigenvalue weighted by atomic mass is 9.83. The van der Waals surface area contributed by atoms with Crippen LogP contribution in [0.25, 0.3) is 0 Å². The van der Waals surface area contributed by atoms with E-state index < -0.39 is 5.60 Å². The number of hydrogen-bond acceptors (Lipinski definition) is 3. The van der Waals surface area contributed by atoms with Crippen LogP contribution in [0.5, 0.6) is 0 Å². The first kappa shape index (κ1) is 20.4. The van der Waals surface area contributed by atoms with Crippen LogP contribution in [0.2, 0.25) is 0 Å². The van der Waals surface area contributed by atoms with E-state index in [4.69, 9.17) is 0 Å². The molecule has 4 rings (SSSR count). The molecule has 0 saturated heterocycles. The highest BCUT2D eigenvalue weighted by Gasteiger charge is 2.34. The van der Waals surface area contributed by atoms with Crippen LogP contribution >= 0.6 is 0 Å². The molecule has 0 unspecified atom stereocenters. The molecular weight excluding hydrogens is 384 g/mol. The predicted octanol–water partition coefficient (Wildman–Crippen LogP) is 5.18. The van der Waals surface area contributed by atoms with Crippen molar-refractivity contribution in [2.45, 2.75) is 12.0 Å². The molecule has 0 spiro atoms. The monoisotopic (exact) mass is 408 g/mol. The van der Waals surface area contributed by atoms with Gasteiger partial charge in [-0.3, -0.25) is 15.2 Å². The molecule has 0 aliphatic heterocycles. The third-order valence-electron chi connectivity index (χ3n) is 5.18. The smallest absolute Gasteiger partial charge is 0.242 e. The van der Waals surface area contributed by atoms with Gasteiger partial charge in [0.15, 0.2) is 0 Å². The first-order chi connectivity index (χ1) is 15.2. The van der Waals surface area contributed by atoms with E-state index in [9.17, 15) is 9.90 Å². The molecule has 0 aliphatic carbocycles. The van der Waals surface area contributed by atoms with Gasteiger partial charge in [-0.15, -0.1) is 0 Å². The lowest BCUT2D eigenvalue weighted by molar-refractivity contribution is -0.125. The molecule has 4 aromatic carbocycles. The van der Waals surface area contributed by atoms with Gasteiger partial charge in [-0.2, -0.15) is 0 Å². The molecule has 0 saturated carbocycles. The quantitative estimate of drug-likeness (QED) is 0.414. The average molecular weight is 409 g/mol. The second-order valence-electron chi connectivity index (χ2n) is 7.31. The minimum Gasteiger partial charge on any atom is -0.380 e. The molecule has 4 nitrogen and oxygen atoms in total. The number of hydrazine groups is 1. The van der Waals surface area contributed by atoms with E-state index in [1.807, 2.05) is 121 Å². The normalized spacial score (nSPS) is 11.0. The lowest BCUT2D eigenvalue weighted by Crippen LogP contribution is -2.43. The molecule has 0 bridgehead atoms. The van der Waals surface area contributed by atoms with Crippen molar-refractivity contribution in [1.82, 2.24) is 5.43 Å². The van der Waals surface area contributed by atoms with Crippen molar-refractivity contribution in [2.24, 2.45) is 0 Å². The molecule has 31 heavy (non-hydrogen) atoms. The molecule has 4 aromatic rings. The molecule has 4 heteroatoms. The Morgan fingerprint density at radius 3 is 1.39 bits per heavy atom. The second-order valence-corrected chi connectivity index (χ2v) is 7.31. The average Bonchev–Trinajstić information content (AvgIpc) is 2.84. The predicted molar refractivity (Wildman–Crippen MR) is 124 cm³/mol. The first-order valence-electron chi connectivity index (χ1n) is 10.2. The van der Waals surface area contributed by atoms with Crippen LogP contribution in [0.3, 0.4) is 0 Å². The summed E-state index contributed by atoms with van der Waals surface area (Å²) < 4.78 is 0. The van der Waals surface area contributed by atoms with Crippen LogP contribution < -0.4 is 10.4 Å². The number of hydrogen-bond donors (Lipinski definition) is 2. The van der Waals surface area contributed by atoms with Gasteiger partial charge < -0.3 is 5.11 Å². The summed E-state index contributed by atoms with van der Waals surface area (Å²) >= 11 is 0. The summed E-state index contributed by atoms with van der Waals surface area (Å²) in [6, 6.07) is 37.8. The van der Waals surface area contributed by atoms with Crippen molar-refractivity contribution in [3.8, 4) is 0 Å². The zero-order valence-corrected chi connectivity index (χ0v) is 17.1. The number of aliphatic hydroxyl groups is 1. The Morgan fingerprint density at radius 1 is 0.645 bits per heavy atom. The third kappa shape index (κ3) is 4.65. The Bertz CT molecular complexity index is 1020. The summed E-state index contributed by atoms with van der Waals surface area (Å²) in [5.74, 6) is -0.303. The Balaban J connectivity index is 1.65. The molecule has 0 aromatic heterocycles. The van der Waals surface area contributed by atoms with Crippen molar-refractivity contribution in [3.63, 3.8) is 0 Å². The van der Waals surface area contributed by atoms with Gasteiger partial charge in [0.2, 0.25) is 5.91 Å². The zero-order chi connectivity index (χ0) is 21.5. The highest BCUT2D eigenvalue weighted by atomic mass is 16.3. The van der Waals surface area contributed by atoms with Crippen LogP contribution in [0, 0.1) is 0 Å². The van der Waals surface area contributed by atoms with E-state index in [0.29, 0.717) is 11.1 Å². The molecule has 0 atom stereocenters. The summed E-state index contributed by atoms with van der Waals surface area (Å²) in [4.78, 5) is 13.2. The maximum Gasteiger partial charge on any atom is 0.242 e. The fourth-order valence-electron chi connectivity index (χ4n) is 3.63. The third-order valence-corrected chi connectivity index (χ3v) is 5.18. The molecule has 0 fully saturated rings. The number of rotatable bonds is 7. The molecule has 154 valence electrons. The number of anilines is 2. The van der Waals surface area contributed by atoms with Crippen molar-refractivity contribution >= 4 is 17.3 Å². The number of nitrogens with zero attached hydrogens (tertiary/aromatic N) is 1. The Hall–Kier alpha value is -3.89. The molecule has 1 amide bonds. The molecular formula is C27H24N2O2. The SMILES string of the molecule is O=C(CC(O)(c1ccccc1)c1ccccc1)NN(c1ccccc1)c1ccccc1. The van der Waals surface area contributed by atoms with Crippen molar-refractivity contribution < 1.29 is 9.90 Å². The van der Waals surface area contributed by atoms with Crippen LogP contribution in [0.15, 0.2) is 121 Å². The Labute approximate surface area is 182 Å². The fraction of sp³-hybridized carbons (Fsp3) is 0.0741. The number of carbonyl (C=O) groups is 1. The van der Waals surface area contributed by atoms with Crippen LogP contribution in [0.4, 0.5) is 11.4 Å². The number of carbonyl (C=O) groups excluding carboxylic acids is 1. The zero-order valence-electron chi connectivity index (χ0n) is 17.1. The highest BCUT2D eigenvalue weighted by Crippen LogP contribution is 2.33. The summed E-state index contributed by atoms with van der Waals surface area (Å²) in [5.41, 5.74) is 4.51. The fourth-order valence-corrected chi connectivity index (χ4v) is 3.63. The second kappa shape index (κ2) is 9.28. The maximum atomic E-state index is 13.2.